The van der Waals surface area contributed by atoms with Gasteiger partial charge in [-0.15, -0.1) is 0 Å². The predicted octanol–water partition coefficient (Wildman–Crippen LogP) is 3.61. The van der Waals surface area contributed by atoms with Crippen LogP contribution >= 0.6 is 0 Å². The molecule has 1 N–H and O–H groups in total. The molecule has 0 amide bonds. The summed E-state index contributed by atoms with van der Waals surface area (Å²) in [6, 6.07) is 0. The van der Waals surface area contributed by atoms with Crippen LogP contribution in [-0.2, 0) is 4.74 Å². The number of nitrogens with one attached hydrogen (secondary N) is 1. The molecule has 2 heteroatoms. The molecule has 0 heterocycles. The molecular formula is C15H31NO. The first-order valence-corrected chi connectivity index (χ1v) is 7.56. The zero-order valence-electron chi connectivity index (χ0n) is 11.8. The maximum atomic E-state index is 5.05. The highest BCUT2D eigenvalue weighted by Crippen LogP contribution is 2.28. The molecule has 0 radical (unpaired) electrons. The molecule has 1 aliphatic rings. The van der Waals surface area contributed by atoms with Gasteiger partial charge in [-0.2, -0.15) is 0 Å². The van der Waals surface area contributed by atoms with E-state index in [0.29, 0.717) is 0 Å². The minimum Gasteiger partial charge on any atom is -0.383 e. The van der Waals surface area contributed by atoms with Crippen molar-refractivity contribution in [2.24, 2.45) is 11.8 Å². The number of methoxy groups -OCH3 is 1. The number of hydrogen-bond donors (Lipinski definition) is 1. The second-order valence-corrected chi connectivity index (χ2v) is 5.55. The van der Waals surface area contributed by atoms with Crippen molar-refractivity contribution in [2.75, 3.05) is 26.8 Å². The lowest BCUT2D eigenvalue weighted by Crippen LogP contribution is -2.26. The summed E-state index contributed by atoms with van der Waals surface area (Å²) in [6.45, 7) is 5.33. The van der Waals surface area contributed by atoms with Crippen molar-refractivity contribution in [1.82, 2.24) is 5.32 Å². The summed E-state index contributed by atoms with van der Waals surface area (Å²) in [6.07, 6.45) is 11.6. The van der Waals surface area contributed by atoms with Crippen molar-refractivity contribution in [2.45, 2.75) is 58.3 Å². The van der Waals surface area contributed by atoms with E-state index in [4.69, 9.17) is 4.74 Å². The van der Waals surface area contributed by atoms with Gasteiger partial charge in [-0.25, -0.2) is 0 Å². The molecule has 1 rings (SSSR count). The van der Waals surface area contributed by atoms with Crippen molar-refractivity contribution in [3.63, 3.8) is 0 Å². The van der Waals surface area contributed by atoms with Crippen LogP contribution in [0.5, 0.6) is 0 Å². The van der Waals surface area contributed by atoms with E-state index in [9.17, 15) is 0 Å². The molecule has 0 aromatic carbocycles. The van der Waals surface area contributed by atoms with E-state index >= 15 is 0 Å². The van der Waals surface area contributed by atoms with Crippen LogP contribution in [0.4, 0.5) is 0 Å². The van der Waals surface area contributed by atoms with Crippen LogP contribution in [-0.4, -0.2) is 26.8 Å². The van der Waals surface area contributed by atoms with Gasteiger partial charge >= 0.3 is 0 Å². The van der Waals surface area contributed by atoms with Crippen LogP contribution in [0, 0.1) is 11.8 Å². The fourth-order valence-electron chi connectivity index (χ4n) is 2.88. The van der Waals surface area contributed by atoms with Gasteiger partial charge in [0.15, 0.2) is 0 Å². The largest absolute Gasteiger partial charge is 0.383 e. The molecule has 0 aromatic heterocycles. The Morgan fingerprint density at radius 3 is 2.65 bits per heavy atom. The average Bonchev–Trinajstić information content (AvgIpc) is 2.39. The van der Waals surface area contributed by atoms with Crippen molar-refractivity contribution in [3.05, 3.63) is 0 Å². The van der Waals surface area contributed by atoms with Gasteiger partial charge in [-0.1, -0.05) is 51.9 Å². The van der Waals surface area contributed by atoms with Crippen LogP contribution < -0.4 is 5.32 Å². The highest BCUT2D eigenvalue weighted by molar-refractivity contribution is 4.69. The molecule has 2 nitrogen and oxygen atoms in total. The summed E-state index contributed by atoms with van der Waals surface area (Å²) in [5, 5.41) is 3.50. The number of ether oxygens (including phenoxy) is 1. The Balaban J connectivity index is 2.04. The van der Waals surface area contributed by atoms with Crippen LogP contribution in [0.15, 0.2) is 0 Å². The van der Waals surface area contributed by atoms with E-state index in [1.807, 2.05) is 0 Å². The zero-order valence-corrected chi connectivity index (χ0v) is 11.8. The fourth-order valence-corrected chi connectivity index (χ4v) is 2.88. The lowest BCUT2D eigenvalue weighted by molar-refractivity contribution is 0.196. The summed E-state index contributed by atoms with van der Waals surface area (Å²) in [5.41, 5.74) is 0. The molecule has 0 aromatic rings. The Morgan fingerprint density at radius 1 is 1.24 bits per heavy atom. The first-order valence-electron chi connectivity index (χ1n) is 7.56. The number of hydrogen-bond acceptors (Lipinski definition) is 2. The van der Waals surface area contributed by atoms with Gasteiger partial charge in [-0.3, -0.25) is 0 Å². The quantitative estimate of drug-likeness (QED) is 0.623. The Bertz CT molecular complexity index is 166. The van der Waals surface area contributed by atoms with Crippen LogP contribution in [0.3, 0.4) is 0 Å². The average molecular weight is 241 g/mol. The van der Waals surface area contributed by atoms with Gasteiger partial charge < -0.3 is 10.1 Å². The zero-order chi connectivity index (χ0) is 12.3. The third-order valence-corrected chi connectivity index (χ3v) is 4.20. The molecule has 102 valence electrons. The molecule has 0 spiro atoms. The summed E-state index contributed by atoms with van der Waals surface area (Å²) < 4.78 is 5.05. The van der Waals surface area contributed by atoms with E-state index < -0.39 is 0 Å². The third-order valence-electron chi connectivity index (χ3n) is 4.20. The van der Waals surface area contributed by atoms with Gasteiger partial charge in [0.1, 0.15) is 0 Å². The summed E-state index contributed by atoms with van der Waals surface area (Å²) in [7, 11) is 1.77. The van der Waals surface area contributed by atoms with Crippen molar-refractivity contribution < 1.29 is 4.74 Å². The molecule has 1 aliphatic carbocycles. The minimum absolute atomic E-state index is 0.832. The SMILES string of the molecule is CCC(CCC1CCCCC1)CNCCOC. The summed E-state index contributed by atoms with van der Waals surface area (Å²) in [5.74, 6) is 1.91. The fraction of sp³-hybridized carbons (Fsp3) is 1.00. The molecule has 1 fully saturated rings. The van der Waals surface area contributed by atoms with Gasteiger partial charge in [0.25, 0.3) is 0 Å². The molecule has 0 saturated heterocycles. The van der Waals surface area contributed by atoms with Crippen molar-refractivity contribution >= 4 is 0 Å². The van der Waals surface area contributed by atoms with Crippen LogP contribution in [0.25, 0.3) is 0 Å². The van der Waals surface area contributed by atoms with E-state index in [2.05, 4.69) is 12.2 Å². The topological polar surface area (TPSA) is 21.3 Å². The predicted molar refractivity (Wildman–Crippen MR) is 74.3 cm³/mol. The highest BCUT2D eigenvalue weighted by atomic mass is 16.5. The Kier molecular flexibility index (Phi) is 8.72. The summed E-state index contributed by atoms with van der Waals surface area (Å²) in [4.78, 5) is 0. The summed E-state index contributed by atoms with van der Waals surface area (Å²) >= 11 is 0. The lowest BCUT2D eigenvalue weighted by atomic mass is 9.84. The maximum Gasteiger partial charge on any atom is 0.0587 e. The lowest BCUT2D eigenvalue weighted by Gasteiger charge is -2.24. The first kappa shape index (κ1) is 15.0. The molecule has 0 bridgehead atoms. The standard InChI is InChI=1S/C15H31NO/c1-3-14(13-16-11-12-17-2)9-10-15-7-5-4-6-8-15/h14-16H,3-13H2,1-2H3. The monoisotopic (exact) mass is 241 g/mol. The smallest absolute Gasteiger partial charge is 0.0587 e. The van der Waals surface area contributed by atoms with Gasteiger partial charge in [0, 0.05) is 13.7 Å². The van der Waals surface area contributed by atoms with Gasteiger partial charge in [0.2, 0.25) is 0 Å². The second kappa shape index (κ2) is 9.90. The normalized spacial score (nSPS) is 19.4. The molecule has 1 atom stereocenters. The van der Waals surface area contributed by atoms with Crippen LogP contribution in [0.1, 0.15) is 58.3 Å². The Morgan fingerprint density at radius 2 is 2.00 bits per heavy atom. The second-order valence-electron chi connectivity index (χ2n) is 5.55. The van der Waals surface area contributed by atoms with Gasteiger partial charge in [0.05, 0.1) is 6.61 Å². The Labute approximate surface area is 108 Å². The van der Waals surface area contributed by atoms with E-state index in [1.165, 1.54) is 57.9 Å². The van der Waals surface area contributed by atoms with E-state index in [0.717, 1.165) is 25.0 Å². The van der Waals surface area contributed by atoms with Crippen LogP contribution in [0.2, 0.25) is 0 Å². The third kappa shape index (κ3) is 7.05. The van der Waals surface area contributed by atoms with Crippen molar-refractivity contribution in [3.8, 4) is 0 Å². The maximum absolute atomic E-state index is 5.05. The molecule has 1 saturated carbocycles. The van der Waals surface area contributed by atoms with Crippen molar-refractivity contribution in [1.29, 1.82) is 0 Å². The van der Waals surface area contributed by atoms with E-state index in [1.54, 1.807) is 7.11 Å². The highest BCUT2D eigenvalue weighted by Gasteiger charge is 2.15. The molecule has 0 aliphatic heterocycles. The Hall–Kier alpha value is -0.0800. The number of rotatable bonds is 9. The molecule has 1 unspecified atom stereocenters. The van der Waals surface area contributed by atoms with Gasteiger partial charge in [-0.05, 0) is 24.8 Å². The van der Waals surface area contributed by atoms with E-state index in [-0.39, 0.29) is 0 Å². The molecular weight excluding hydrogens is 210 g/mol. The first-order chi connectivity index (χ1) is 8.36. The minimum atomic E-state index is 0.832. The molecule has 17 heavy (non-hydrogen) atoms.